The monoisotopic (exact) mass is 300 g/mol. The molecule has 0 saturated carbocycles. The van der Waals surface area contributed by atoms with Crippen LogP contribution < -0.4 is 0 Å². The van der Waals surface area contributed by atoms with E-state index >= 15 is 0 Å². The highest BCUT2D eigenvalue weighted by Gasteiger charge is 2.39. The van der Waals surface area contributed by atoms with Gasteiger partial charge in [0.15, 0.2) is 0 Å². The van der Waals surface area contributed by atoms with Crippen LogP contribution in [0.4, 0.5) is 4.79 Å². The first kappa shape index (κ1) is 17.8. The third-order valence-corrected chi connectivity index (χ3v) is 4.37. The maximum absolute atomic E-state index is 12.7. The molecule has 1 rings (SSSR count). The molecular formula is C15H28N2O4. The average molecular weight is 300 g/mol. The van der Waals surface area contributed by atoms with E-state index in [0.717, 1.165) is 12.8 Å². The normalized spacial score (nSPS) is 21.9. The minimum Gasteiger partial charge on any atom is -0.481 e. The number of urea groups is 1. The first-order valence-electron chi connectivity index (χ1n) is 7.73. The molecule has 0 aromatic rings. The molecule has 2 atom stereocenters. The van der Waals surface area contributed by atoms with Gasteiger partial charge in [-0.2, -0.15) is 0 Å². The Morgan fingerprint density at radius 3 is 2.38 bits per heavy atom. The highest BCUT2D eigenvalue weighted by Crippen LogP contribution is 2.25. The molecule has 122 valence electrons. The summed E-state index contributed by atoms with van der Waals surface area (Å²) in [5, 5.41) is 9.19. The van der Waals surface area contributed by atoms with Crippen LogP contribution in [0, 0.1) is 11.8 Å². The smallest absolute Gasteiger partial charge is 0.320 e. The number of hydrogen-bond donors (Lipinski definition) is 1. The predicted molar refractivity (Wildman–Crippen MR) is 80.2 cm³/mol. The van der Waals surface area contributed by atoms with Crippen molar-refractivity contribution in [1.29, 1.82) is 0 Å². The molecule has 2 amide bonds. The summed E-state index contributed by atoms with van der Waals surface area (Å²) in [5.74, 6) is -1.28. The van der Waals surface area contributed by atoms with E-state index in [1.54, 1.807) is 12.0 Å². The number of hydrogen-bond acceptors (Lipinski definition) is 3. The number of likely N-dealkylation sites (tertiary alicyclic amines) is 1. The number of carboxylic acid groups (broad SMARTS) is 1. The first-order chi connectivity index (χ1) is 9.96. The fourth-order valence-electron chi connectivity index (χ4n) is 2.98. The van der Waals surface area contributed by atoms with Crippen LogP contribution in [0.3, 0.4) is 0 Å². The van der Waals surface area contributed by atoms with Gasteiger partial charge in [0, 0.05) is 32.8 Å². The topological polar surface area (TPSA) is 70.1 Å². The van der Waals surface area contributed by atoms with Gasteiger partial charge >= 0.3 is 12.0 Å². The lowest BCUT2D eigenvalue weighted by atomic mass is 9.99. The zero-order chi connectivity index (χ0) is 16.0. The highest BCUT2D eigenvalue weighted by molar-refractivity contribution is 5.78. The summed E-state index contributed by atoms with van der Waals surface area (Å²) in [7, 11) is 1.62. The van der Waals surface area contributed by atoms with Crippen molar-refractivity contribution in [3.8, 4) is 0 Å². The number of nitrogens with zero attached hydrogens (tertiary/aromatic N) is 2. The fraction of sp³-hybridized carbons (Fsp3) is 0.867. The summed E-state index contributed by atoms with van der Waals surface area (Å²) < 4.78 is 5.10. The van der Waals surface area contributed by atoms with E-state index in [-0.39, 0.29) is 18.0 Å². The molecule has 0 aromatic carbocycles. The van der Waals surface area contributed by atoms with Crippen molar-refractivity contribution in [2.45, 2.75) is 39.7 Å². The molecule has 6 nitrogen and oxygen atoms in total. The summed E-state index contributed by atoms with van der Waals surface area (Å²) in [6.07, 6.45) is 1.77. The molecule has 1 fully saturated rings. The molecule has 1 heterocycles. The van der Waals surface area contributed by atoms with Crippen LogP contribution in [0.1, 0.15) is 33.6 Å². The van der Waals surface area contributed by atoms with E-state index in [4.69, 9.17) is 4.74 Å². The van der Waals surface area contributed by atoms with Gasteiger partial charge in [-0.25, -0.2) is 4.79 Å². The lowest BCUT2D eigenvalue weighted by Crippen LogP contribution is -2.48. The second-order valence-corrected chi connectivity index (χ2v) is 5.77. The number of aliphatic carboxylic acids is 1. The number of amides is 2. The number of carboxylic acids is 1. The number of carbonyl (C=O) groups is 2. The molecule has 0 unspecified atom stereocenters. The zero-order valence-corrected chi connectivity index (χ0v) is 13.5. The summed E-state index contributed by atoms with van der Waals surface area (Å²) in [6, 6.07) is 0.114. The van der Waals surface area contributed by atoms with Crippen molar-refractivity contribution >= 4 is 12.0 Å². The average Bonchev–Trinajstić information content (AvgIpc) is 2.85. The summed E-state index contributed by atoms with van der Waals surface area (Å²) >= 11 is 0. The Morgan fingerprint density at radius 2 is 1.95 bits per heavy atom. The zero-order valence-electron chi connectivity index (χ0n) is 13.5. The fourth-order valence-corrected chi connectivity index (χ4v) is 2.98. The number of carbonyl (C=O) groups excluding carboxylic acids is 1. The summed E-state index contributed by atoms with van der Waals surface area (Å²) in [5.41, 5.74) is 0. The van der Waals surface area contributed by atoms with Gasteiger partial charge in [-0.3, -0.25) is 4.79 Å². The molecule has 1 aliphatic rings. The van der Waals surface area contributed by atoms with E-state index < -0.39 is 11.9 Å². The van der Waals surface area contributed by atoms with Gasteiger partial charge < -0.3 is 19.6 Å². The van der Waals surface area contributed by atoms with Crippen molar-refractivity contribution in [1.82, 2.24) is 9.80 Å². The van der Waals surface area contributed by atoms with Crippen molar-refractivity contribution in [3.05, 3.63) is 0 Å². The molecule has 0 radical (unpaired) electrons. The number of rotatable bonds is 7. The molecule has 0 spiro atoms. The van der Waals surface area contributed by atoms with Gasteiger partial charge in [-0.05, 0) is 18.8 Å². The van der Waals surface area contributed by atoms with Crippen molar-refractivity contribution < 1.29 is 19.4 Å². The standard InChI is InChI=1S/C15H28N2O4/c1-5-12(6-2)17(7-8-21-4)15(20)16-9-11(3)13(10-16)14(18)19/h11-13H,5-10H2,1-4H3,(H,18,19)/t11-,13-/m1/s1. The minimum atomic E-state index is -0.816. The Labute approximate surface area is 127 Å². The lowest BCUT2D eigenvalue weighted by molar-refractivity contribution is -0.142. The van der Waals surface area contributed by atoms with Crippen LogP contribution in [0.2, 0.25) is 0 Å². The van der Waals surface area contributed by atoms with E-state index in [0.29, 0.717) is 26.2 Å². The van der Waals surface area contributed by atoms with Gasteiger partial charge in [-0.15, -0.1) is 0 Å². The van der Waals surface area contributed by atoms with Crippen molar-refractivity contribution in [2.75, 3.05) is 33.4 Å². The maximum Gasteiger partial charge on any atom is 0.320 e. The van der Waals surface area contributed by atoms with Gasteiger partial charge in [0.1, 0.15) is 0 Å². The Kier molecular flexibility index (Phi) is 6.95. The second kappa shape index (κ2) is 8.22. The Bertz CT molecular complexity index is 358. The first-order valence-corrected chi connectivity index (χ1v) is 7.73. The Hall–Kier alpha value is -1.30. The van der Waals surface area contributed by atoms with Gasteiger partial charge in [0.2, 0.25) is 0 Å². The molecule has 0 aliphatic carbocycles. The molecule has 1 saturated heterocycles. The lowest BCUT2D eigenvalue weighted by Gasteiger charge is -2.34. The third kappa shape index (κ3) is 4.33. The van der Waals surface area contributed by atoms with Crippen molar-refractivity contribution in [3.63, 3.8) is 0 Å². The van der Waals surface area contributed by atoms with Crippen molar-refractivity contribution in [2.24, 2.45) is 11.8 Å². The van der Waals surface area contributed by atoms with Crippen LogP contribution >= 0.6 is 0 Å². The third-order valence-electron chi connectivity index (χ3n) is 4.37. The van der Waals surface area contributed by atoms with Gasteiger partial charge in [0.05, 0.1) is 12.5 Å². The van der Waals surface area contributed by atoms with E-state index in [2.05, 4.69) is 13.8 Å². The van der Waals surface area contributed by atoms with E-state index in [1.807, 2.05) is 11.8 Å². The number of methoxy groups -OCH3 is 1. The molecule has 1 aliphatic heterocycles. The largest absolute Gasteiger partial charge is 0.481 e. The van der Waals surface area contributed by atoms with E-state index in [9.17, 15) is 14.7 Å². The maximum atomic E-state index is 12.7. The number of ether oxygens (including phenoxy) is 1. The molecule has 21 heavy (non-hydrogen) atoms. The van der Waals surface area contributed by atoms with Crippen LogP contribution in [-0.2, 0) is 9.53 Å². The van der Waals surface area contributed by atoms with Gasteiger partial charge in [-0.1, -0.05) is 20.8 Å². The summed E-state index contributed by atoms with van der Waals surface area (Å²) in [6.45, 7) is 7.88. The minimum absolute atomic E-state index is 0.00238. The van der Waals surface area contributed by atoms with Crippen LogP contribution in [0.15, 0.2) is 0 Å². The Balaban J connectivity index is 2.78. The highest BCUT2D eigenvalue weighted by atomic mass is 16.5. The molecule has 1 N–H and O–H groups in total. The van der Waals surface area contributed by atoms with Crippen LogP contribution in [0.25, 0.3) is 0 Å². The summed E-state index contributed by atoms with van der Waals surface area (Å²) in [4.78, 5) is 27.4. The SMILES string of the molecule is CCC(CC)N(CCOC)C(=O)N1C[C@@H](C)[C@H](C(=O)O)C1. The van der Waals surface area contributed by atoms with Crippen LogP contribution in [-0.4, -0.2) is 66.3 Å². The second-order valence-electron chi connectivity index (χ2n) is 5.77. The molecule has 6 heteroatoms. The molecule has 0 bridgehead atoms. The Morgan fingerprint density at radius 1 is 1.33 bits per heavy atom. The molecular weight excluding hydrogens is 272 g/mol. The predicted octanol–water partition coefficient (Wildman–Crippen LogP) is 1.90. The molecule has 0 aromatic heterocycles. The quantitative estimate of drug-likeness (QED) is 0.779. The van der Waals surface area contributed by atoms with Gasteiger partial charge in [0.25, 0.3) is 0 Å². The van der Waals surface area contributed by atoms with E-state index in [1.165, 1.54) is 0 Å². The van der Waals surface area contributed by atoms with Crippen LogP contribution in [0.5, 0.6) is 0 Å².